The van der Waals surface area contributed by atoms with Gasteiger partial charge < -0.3 is 0 Å². The summed E-state index contributed by atoms with van der Waals surface area (Å²) in [6.45, 7) is 2.10. The fourth-order valence-electron chi connectivity index (χ4n) is 1.58. The Morgan fingerprint density at radius 3 is 1.67 bits per heavy atom. The SMILES string of the molecule is Cc1ccc(C=CC=Cc2ccc(Br)cc2)cc1. The Labute approximate surface area is 117 Å². The lowest BCUT2D eigenvalue weighted by atomic mass is 10.1. The normalized spacial score (nSPS) is 11.4. The van der Waals surface area contributed by atoms with Crippen LogP contribution in [0.2, 0.25) is 0 Å². The van der Waals surface area contributed by atoms with Crippen LogP contribution in [0.4, 0.5) is 0 Å². The van der Waals surface area contributed by atoms with Crippen molar-refractivity contribution < 1.29 is 0 Å². The molecule has 2 aromatic rings. The van der Waals surface area contributed by atoms with Crippen molar-refractivity contribution in [2.45, 2.75) is 6.92 Å². The Morgan fingerprint density at radius 1 is 0.722 bits per heavy atom. The summed E-state index contributed by atoms with van der Waals surface area (Å²) in [5, 5.41) is 0. The van der Waals surface area contributed by atoms with Crippen LogP contribution in [0.15, 0.2) is 65.2 Å². The van der Waals surface area contributed by atoms with Gasteiger partial charge in [0.05, 0.1) is 0 Å². The van der Waals surface area contributed by atoms with Gasteiger partial charge in [0.15, 0.2) is 0 Å². The predicted octanol–water partition coefficient (Wildman–Crippen LogP) is 5.48. The average molecular weight is 299 g/mol. The van der Waals surface area contributed by atoms with Gasteiger partial charge in [-0.15, -0.1) is 0 Å². The standard InChI is InChI=1S/C17H15Br/c1-14-6-8-15(9-7-14)4-2-3-5-16-10-12-17(18)13-11-16/h2-13H,1H3. The summed E-state index contributed by atoms with van der Waals surface area (Å²) in [4.78, 5) is 0. The topological polar surface area (TPSA) is 0 Å². The summed E-state index contributed by atoms with van der Waals surface area (Å²) < 4.78 is 1.11. The minimum absolute atomic E-state index is 1.11. The molecule has 0 aliphatic heterocycles. The van der Waals surface area contributed by atoms with Crippen molar-refractivity contribution in [2.75, 3.05) is 0 Å². The lowest BCUT2D eigenvalue weighted by Gasteiger charge is -1.94. The van der Waals surface area contributed by atoms with Crippen LogP contribution in [0.1, 0.15) is 16.7 Å². The minimum Gasteiger partial charge on any atom is -0.0617 e. The van der Waals surface area contributed by atoms with E-state index in [2.05, 4.69) is 83.6 Å². The van der Waals surface area contributed by atoms with Crippen LogP contribution in [0, 0.1) is 6.92 Å². The average Bonchev–Trinajstić information content (AvgIpc) is 2.39. The zero-order chi connectivity index (χ0) is 12.8. The van der Waals surface area contributed by atoms with E-state index in [0.717, 1.165) is 4.47 Å². The first-order chi connectivity index (χ1) is 8.74. The van der Waals surface area contributed by atoms with E-state index in [0.29, 0.717) is 0 Å². The molecule has 2 aromatic carbocycles. The van der Waals surface area contributed by atoms with Crippen molar-refractivity contribution >= 4 is 28.1 Å². The molecule has 0 N–H and O–H groups in total. The second-order valence-corrected chi connectivity index (χ2v) is 5.10. The molecule has 18 heavy (non-hydrogen) atoms. The minimum atomic E-state index is 1.11. The van der Waals surface area contributed by atoms with Crippen molar-refractivity contribution in [1.29, 1.82) is 0 Å². The van der Waals surface area contributed by atoms with Crippen LogP contribution in [-0.2, 0) is 0 Å². The van der Waals surface area contributed by atoms with E-state index < -0.39 is 0 Å². The summed E-state index contributed by atoms with van der Waals surface area (Å²) in [6, 6.07) is 16.8. The summed E-state index contributed by atoms with van der Waals surface area (Å²) in [5.74, 6) is 0. The van der Waals surface area contributed by atoms with E-state index in [1.165, 1.54) is 16.7 Å². The third-order valence-corrected chi connectivity index (χ3v) is 3.16. The number of allylic oxidation sites excluding steroid dienone is 2. The highest BCUT2D eigenvalue weighted by Gasteiger charge is 1.87. The molecule has 0 radical (unpaired) electrons. The van der Waals surface area contributed by atoms with E-state index in [-0.39, 0.29) is 0 Å². The maximum Gasteiger partial charge on any atom is 0.0175 e. The van der Waals surface area contributed by atoms with Crippen LogP contribution in [0.5, 0.6) is 0 Å². The molecule has 0 heterocycles. The fraction of sp³-hybridized carbons (Fsp3) is 0.0588. The molecule has 0 fully saturated rings. The lowest BCUT2D eigenvalue weighted by Crippen LogP contribution is -1.72. The molecule has 0 aliphatic carbocycles. The van der Waals surface area contributed by atoms with E-state index in [4.69, 9.17) is 0 Å². The Hall–Kier alpha value is -1.60. The molecule has 0 saturated heterocycles. The van der Waals surface area contributed by atoms with Gasteiger partial charge in [0.2, 0.25) is 0 Å². The highest BCUT2D eigenvalue weighted by Crippen LogP contribution is 2.11. The number of benzene rings is 2. The number of halogens is 1. The van der Waals surface area contributed by atoms with Gasteiger partial charge in [0.25, 0.3) is 0 Å². The highest BCUT2D eigenvalue weighted by atomic mass is 79.9. The van der Waals surface area contributed by atoms with E-state index in [1.54, 1.807) is 0 Å². The second-order valence-electron chi connectivity index (χ2n) is 4.18. The predicted molar refractivity (Wildman–Crippen MR) is 83.4 cm³/mol. The molecule has 90 valence electrons. The maximum absolute atomic E-state index is 3.43. The van der Waals surface area contributed by atoms with Crippen LogP contribution in [0.3, 0.4) is 0 Å². The van der Waals surface area contributed by atoms with Gasteiger partial charge in [0.1, 0.15) is 0 Å². The van der Waals surface area contributed by atoms with Crippen molar-refractivity contribution in [3.63, 3.8) is 0 Å². The number of aryl methyl sites for hydroxylation is 1. The molecular formula is C17H15Br. The first-order valence-corrected chi connectivity index (χ1v) is 6.70. The molecule has 0 amide bonds. The molecule has 1 heteroatoms. The van der Waals surface area contributed by atoms with Crippen molar-refractivity contribution in [3.8, 4) is 0 Å². The zero-order valence-corrected chi connectivity index (χ0v) is 11.9. The van der Waals surface area contributed by atoms with Gasteiger partial charge in [0, 0.05) is 4.47 Å². The van der Waals surface area contributed by atoms with Crippen LogP contribution >= 0.6 is 15.9 Å². The molecule has 0 aromatic heterocycles. The van der Waals surface area contributed by atoms with Gasteiger partial charge in [-0.25, -0.2) is 0 Å². The molecule has 0 spiro atoms. The molecule has 0 bridgehead atoms. The quantitative estimate of drug-likeness (QED) is 0.658. The number of hydrogen-bond donors (Lipinski definition) is 0. The Balaban J connectivity index is 1.98. The van der Waals surface area contributed by atoms with Gasteiger partial charge in [-0.3, -0.25) is 0 Å². The van der Waals surface area contributed by atoms with Crippen LogP contribution in [0.25, 0.3) is 12.2 Å². The third kappa shape index (κ3) is 4.01. The van der Waals surface area contributed by atoms with Crippen LogP contribution in [-0.4, -0.2) is 0 Å². The number of hydrogen-bond acceptors (Lipinski definition) is 0. The fourth-order valence-corrected chi connectivity index (χ4v) is 1.85. The van der Waals surface area contributed by atoms with Crippen molar-refractivity contribution in [2.24, 2.45) is 0 Å². The van der Waals surface area contributed by atoms with E-state index >= 15 is 0 Å². The number of rotatable bonds is 3. The monoisotopic (exact) mass is 298 g/mol. The third-order valence-electron chi connectivity index (χ3n) is 2.64. The molecular weight excluding hydrogens is 284 g/mol. The Kier molecular flexibility index (Phi) is 4.54. The smallest absolute Gasteiger partial charge is 0.0175 e. The van der Waals surface area contributed by atoms with Crippen LogP contribution < -0.4 is 0 Å². The van der Waals surface area contributed by atoms with E-state index in [1.807, 2.05) is 12.1 Å². The summed E-state index contributed by atoms with van der Waals surface area (Å²) in [5.41, 5.74) is 3.71. The largest absolute Gasteiger partial charge is 0.0617 e. The second kappa shape index (κ2) is 6.36. The molecule has 0 aliphatic rings. The van der Waals surface area contributed by atoms with Crippen molar-refractivity contribution in [1.82, 2.24) is 0 Å². The first-order valence-electron chi connectivity index (χ1n) is 5.91. The Bertz CT molecular complexity index is 492. The van der Waals surface area contributed by atoms with Gasteiger partial charge in [-0.05, 0) is 30.2 Å². The summed E-state index contributed by atoms with van der Waals surface area (Å²) in [7, 11) is 0. The summed E-state index contributed by atoms with van der Waals surface area (Å²) >= 11 is 3.43. The summed E-state index contributed by atoms with van der Waals surface area (Å²) in [6.07, 6.45) is 8.32. The zero-order valence-electron chi connectivity index (χ0n) is 10.3. The molecule has 0 atom stereocenters. The highest BCUT2D eigenvalue weighted by molar-refractivity contribution is 9.10. The molecule has 0 nitrogen and oxygen atoms in total. The van der Waals surface area contributed by atoms with Gasteiger partial charge in [-0.1, -0.05) is 82.2 Å². The van der Waals surface area contributed by atoms with Gasteiger partial charge >= 0.3 is 0 Å². The molecule has 0 unspecified atom stereocenters. The lowest BCUT2D eigenvalue weighted by molar-refractivity contribution is 1.46. The molecule has 2 rings (SSSR count). The van der Waals surface area contributed by atoms with E-state index in [9.17, 15) is 0 Å². The van der Waals surface area contributed by atoms with Crippen molar-refractivity contribution in [3.05, 3.63) is 81.8 Å². The molecule has 0 saturated carbocycles. The Morgan fingerprint density at radius 2 is 1.17 bits per heavy atom. The first kappa shape index (κ1) is 12.8. The van der Waals surface area contributed by atoms with Gasteiger partial charge in [-0.2, -0.15) is 0 Å². The maximum atomic E-state index is 3.43.